The van der Waals surface area contributed by atoms with Crippen LogP contribution in [0.2, 0.25) is 0 Å². The number of nitrogens with zero attached hydrogens (tertiary/aromatic N) is 3. The highest BCUT2D eigenvalue weighted by Gasteiger charge is 2.37. The Balaban J connectivity index is 1.95. The molecular formula is C23H26FN3O5. The van der Waals surface area contributed by atoms with E-state index in [1.54, 1.807) is 34.6 Å². The lowest BCUT2D eigenvalue weighted by molar-refractivity contribution is 0.0692. The van der Waals surface area contributed by atoms with Gasteiger partial charge in [0.1, 0.15) is 22.5 Å². The van der Waals surface area contributed by atoms with Crippen molar-refractivity contribution < 1.29 is 23.8 Å². The number of ether oxygens (including phenoxy) is 2. The van der Waals surface area contributed by atoms with Gasteiger partial charge in [-0.2, -0.15) is 5.10 Å². The summed E-state index contributed by atoms with van der Waals surface area (Å²) in [5.41, 5.74) is -1.03. The van der Waals surface area contributed by atoms with Gasteiger partial charge in [0, 0.05) is 31.7 Å². The molecule has 3 aromatic rings. The second kappa shape index (κ2) is 8.05. The highest BCUT2D eigenvalue weighted by atomic mass is 19.1. The number of pyridine rings is 1. The summed E-state index contributed by atoms with van der Waals surface area (Å²) >= 11 is 0. The molecule has 1 aromatic carbocycles. The van der Waals surface area contributed by atoms with Crippen LogP contribution in [0.25, 0.3) is 22.3 Å². The third-order valence-electron chi connectivity index (χ3n) is 5.80. The summed E-state index contributed by atoms with van der Waals surface area (Å²) < 4.78 is 29.7. The normalized spacial score (nSPS) is 15.5. The number of hydrogen-bond acceptors (Lipinski definition) is 5. The topological polar surface area (TPSA) is 95.6 Å². The van der Waals surface area contributed by atoms with Crippen molar-refractivity contribution in [3.63, 3.8) is 0 Å². The van der Waals surface area contributed by atoms with Crippen molar-refractivity contribution in [3.05, 3.63) is 46.0 Å². The summed E-state index contributed by atoms with van der Waals surface area (Å²) in [6, 6.07) is 5.07. The first kappa shape index (κ1) is 22.0. The highest BCUT2D eigenvalue weighted by Crippen LogP contribution is 2.43. The number of carboxylic acids is 1. The summed E-state index contributed by atoms with van der Waals surface area (Å²) in [4.78, 5) is 24.1. The number of benzene rings is 1. The molecule has 9 heteroatoms. The number of halogens is 1. The van der Waals surface area contributed by atoms with Gasteiger partial charge in [-0.25, -0.2) is 9.18 Å². The minimum Gasteiger partial charge on any atom is -0.491 e. The number of carboxylic acid groups (broad SMARTS) is 1. The van der Waals surface area contributed by atoms with Crippen LogP contribution in [0.3, 0.4) is 0 Å². The van der Waals surface area contributed by atoms with Crippen LogP contribution >= 0.6 is 0 Å². The van der Waals surface area contributed by atoms with Gasteiger partial charge in [-0.05, 0) is 11.5 Å². The predicted molar refractivity (Wildman–Crippen MR) is 117 cm³/mol. The van der Waals surface area contributed by atoms with Gasteiger partial charge < -0.3 is 19.1 Å². The van der Waals surface area contributed by atoms with E-state index in [0.717, 1.165) is 0 Å². The highest BCUT2D eigenvalue weighted by molar-refractivity contribution is 5.97. The maximum absolute atomic E-state index is 15.5. The fourth-order valence-corrected chi connectivity index (χ4v) is 4.18. The summed E-state index contributed by atoms with van der Waals surface area (Å²) in [7, 11) is 1.62. The average molecular weight is 443 g/mol. The van der Waals surface area contributed by atoms with Crippen LogP contribution in [-0.2, 0) is 11.3 Å². The lowest BCUT2D eigenvalue weighted by atomic mass is 9.84. The van der Waals surface area contributed by atoms with Gasteiger partial charge in [0.25, 0.3) is 0 Å². The van der Waals surface area contributed by atoms with Crippen LogP contribution in [0.15, 0.2) is 29.2 Å². The summed E-state index contributed by atoms with van der Waals surface area (Å²) in [5, 5.41) is 14.8. The molecule has 8 nitrogen and oxygen atoms in total. The molecule has 4 rings (SSSR count). The van der Waals surface area contributed by atoms with Gasteiger partial charge in [0.05, 0.1) is 24.9 Å². The van der Waals surface area contributed by atoms with Gasteiger partial charge in [-0.3, -0.25) is 9.48 Å². The molecular weight excluding hydrogens is 417 g/mol. The Labute approximate surface area is 184 Å². The van der Waals surface area contributed by atoms with Crippen LogP contribution < -0.4 is 10.2 Å². The molecule has 0 amide bonds. The molecule has 2 aromatic heterocycles. The van der Waals surface area contributed by atoms with E-state index in [1.165, 1.54) is 6.20 Å². The zero-order valence-electron chi connectivity index (χ0n) is 18.5. The van der Waals surface area contributed by atoms with E-state index >= 15 is 4.39 Å². The van der Waals surface area contributed by atoms with E-state index in [1.807, 2.05) is 20.8 Å². The Morgan fingerprint density at radius 1 is 1.28 bits per heavy atom. The number of carbonyl (C=O) groups is 1. The molecule has 1 aliphatic rings. The van der Waals surface area contributed by atoms with E-state index in [0.29, 0.717) is 48.5 Å². The number of fused-ring (bicyclic) bond motifs is 5. The number of rotatable bonds is 6. The Morgan fingerprint density at radius 2 is 2.03 bits per heavy atom. The third-order valence-corrected chi connectivity index (χ3v) is 5.80. The molecule has 1 atom stereocenters. The Hall–Kier alpha value is -3.20. The maximum atomic E-state index is 15.5. The molecule has 1 N–H and O–H groups in total. The fourth-order valence-electron chi connectivity index (χ4n) is 4.18. The quantitative estimate of drug-likeness (QED) is 0.584. The molecule has 32 heavy (non-hydrogen) atoms. The SMILES string of the molecule is COCCCOc1cccc2c3n(nc12)C[C@@H](C(C)(C)C)n1cc(C(=O)O)c(=O)c(F)c1-3. The van der Waals surface area contributed by atoms with Crippen molar-refractivity contribution in [1.29, 1.82) is 0 Å². The van der Waals surface area contributed by atoms with Crippen molar-refractivity contribution >= 4 is 16.9 Å². The monoisotopic (exact) mass is 443 g/mol. The number of methoxy groups -OCH3 is 1. The third kappa shape index (κ3) is 3.56. The zero-order chi connectivity index (χ0) is 23.2. The van der Waals surface area contributed by atoms with Gasteiger partial charge in [0.2, 0.25) is 5.43 Å². The first-order valence-corrected chi connectivity index (χ1v) is 10.4. The van der Waals surface area contributed by atoms with Crippen molar-refractivity contribution in [2.75, 3.05) is 20.3 Å². The Bertz CT molecular complexity index is 1260. The zero-order valence-corrected chi connectivity index (χ0v) is 18.5. The predicted octanol–water partition coefficient (Wildman–Crippen LogP) is 3.72. The lowest BCUT2D eigenvalue weighted by Gasteiger charge is -2.38. The lowest BCUT2D eigenvalue weighted by Crippen LogP contribution is -2.36. The van der Waals surface area contributed by atoms with E-state index in [2.05, 4.69) is 0 Å². The van der Waals surface area contributed by atoms with Gasteiger partial charge in [-0.1, -0.05) is 32.9 Å². The van der Waals surface area contributed by atoms with Gasteiger partial charge >= 0.3 is 5.97 Å². The van der Waals surface area contributed by atoms with Crippen molar-refractivity contribution in [2.24, 2.45) is 5.41 Å². The molecule has 0 saturated carbocycles. The Morgan fingerprint density at radius 3 is 2.69 bits per heavy atom. The van der Waals surface area contributed by atoms with Crippen LogP contribution in [0.4, 0.5) is 4.39 Å². The first-order chi connectivity index (χ1) is 15.1. The van der Waals surface area contributed by atoms with E-state index in [-0.39, 0.29) is 17.2 Å². The Kier molecular flexibility index (Phi) is 5.54. The molecule has 0 aliphatic carbocycles. The smallest absolute Gasteiger partial charge is 0.341 e. The minimum atomic E-state index is -1.45. The summed E-state index contributed by atoms with van der Waals surface area (Å²) in [6.45, 7) is 7.34. The van der Waals surface area contributed by atoms with Crippen LogP contribution in [-0.4, -0.2) is 45.7 Å². The van der Waals surface area contributed by atoms with Crippen LogP contribution in [0, 0.1) is 11.2 Å². The summed E-state index contributed by atoms with van der Waals surface area (Å²) in [5.74, 6) is -1.98. The molecule has 0 unspecified atom stereocenters. The maximum Gasteiger partial charge on any atom is 0.341 e. The molecule has 0 fully saturated rings. The molecule has 170 valence electrons. The fraction of sp³-hybridized carbons (Fsp3) is 0.435. The number of aromatic nitrogens is 3. The first-order valence-electron chi connectivity index (χ1n) is 10.4. The van der Waals surface area contributed by atoms with Crippen molar-refractivity contribution in [1.82, 2.24) is 14.3 Å². The van der Waals surface area contributed by atoms with Crippen molar-refractivity contribution in [2.45, 2.75) is 39.8 Å². The largest absolute Gasteiger partial charge is 0.491 e. The van der Waals surface area contributed by atoms with E-state index in [9.17, 15) is 14.7 Å². The standard InChI is InChI=1S/C23H26FN3O5/c1-23(2,3)16-12-27-19(20-17(24)21(28)14(22(29)30)11-26(16)20)13-7-5-8-15(18(13)25-27)32-10-6-9-31-4/h5,7-8,11,16H,6,9-10,12H2,1-4H3,(H,29,30)/t16-/m0/s1. The van der Waals surface area contributed by atoms with Crippen LogP contribution in [0.1, 0.15) is 43.6 Å². The number of aromatic carboxylic acids is 1. The number of hydrogen-bond donors (Lipinski definition) is 1. The minimum absolute atomic E-state index is 0.0465. The molecule has 0 saturated heterocycles. The van der Waals surface area contributed by atoms with E-state index < -0.39 is 22.8 Å². The molecule has 0 spiro atoms. The molecule has 3 heterocycles. The second-order valence-electron chi connectivity index (χ2n) is 9.01. The molecule has 0 bridgehead atoms. The van der Waals surface area contributed by atoms with Crippen LogP contribution in [0.5, 0.6) is 5.75 Å². The molecule has 1 aliphatic heterocycles. The van der Waals surface area contributed by atoms with E-state index in [4.69, 9.17) is 14.6 Å². The average Bonchev–Trinajstić information content (AvgIpc) is 3.11. The molecule has 0 radical (unpaired) electrons. The summed E-state index contributed by atoms with van der Waals surface area (Å²) in [6.07, 6.45) is 1.96. The van der Waals surface area contributed by atoms with Gasteiger partial charge in [-0.15, -0.1) is 0 Å². The van der Waals surface area contributed by atoms with Gasteiger partial charge in [0.15, 0.2) is 5.82 Å². The van der Waals surface area contributed by atoms with Crippen molar-refractivity contribution in [3.8, 4) is 17.1 Å². The second-order valence-corrected chi connectivity index (χ2v) is 9.01.